The summed E-state index contributed by atoms with van der Waals surface area (Å²) in [5.41, 5.74) is 1.34. The number of nitrogens with zero attached hydrogens (tertiary/aromatic N) is 2. The van der Waals surface area contributed by atoms with Crippen LogP contribution in [0.2, 0.25) is 0 Å². The standard InChI is InChI=1S/C15H13N3O2/c1-20-13-5-2-11(3-6-13)8-15(19)18-14-7-4-12(9-16)10-17-14/h2-7,10H,8H2,1H3,(H,17,18,19). The summed E-state index contributed by atoms with van der Waals surface area (Å²) in [7, 11) is 1.60. The minimum atomic E-state index is -0.160. The molecular formula is C15H13N3O2. The number of amides is 1. The third-order valence-corrected chi connectivity index (χ3v) is 2.68. The summed E-state index contributed by atoms with van der Waals surface area (Å²) in [5.74, 6) is 1.03. The number of nitriles is 1. The van der Waals surface area contributed by atoms with Crippen molar-refractivity contribution in [3.63, 3.8) is 0 Å². The Bertz CT molecular complexity index is 628. The molecule has 0 bridgehead atoms. The van der Waals surface area contributed by atoms with E-state index in [1.54, 1.807) is 19.2 Å². The molecule has 0 atom stereocenters. The van der Waals surface area contributed by atoms with Crippen LogP contribution in [0.15, 0.2) is 42.6 Å². The minimum absolute atomic E-state index is 0.160. The van der Waals surface area contributed by atoms with Crippen molar-refractivity contribution >= 4 is 11.7 Å². The van der Waals surface area contributed by atoms with Crippen LogP contribution < -0.4 is 10.1 Å². The van der Waals surface area contributed by atoms with E-state index in [0.29, 0.717) is 11.4 Å². The fourth-order valence-corrected chi connectivity index (χ4v) is 1.65. The predicted molar refractivity (Wildman–Crippen MR) is 74.3 cm³/mol. The zero-order valence-electron chi connectivity index (χ0n) is 11.0. The summed E-state index contributed by atoms with van der Waals surface area (Å²) in [5, 5.41) is 11.3. The van der Waals surface area contributed by atoms with Gasteiger partial charge in [0.25, 0.3) is 0 Å². The molecule has 2 rings (SSSR count). The number of aromatic nitrogens is 1. The van der Waals surface area contributed by atoms with Crippen LogP contribution in [0.1, 0.15) is 11.1 Å². The van der Waals surface area contributed by atoms with E-state index >= 15 is 0 Å². The molecule has 0 aliphatic heterocycles. The highest BCUT2D eigenvalue weighted by Gasteiger charge is 2.05. The lowest BCUT2D eigenvalue weighted by atomic mass is 10.1. The van der Waals surface area contributed by atoms with E-state index in [1.807, 2.05) is 30.3 Å². The van der Waals surface area contributed by atoms with E-state index in [1.165, 1.54) is 6.20 Å². The van der Waals surface area contributed by atoms with Gasteiger partial charge in [0.05, 0.1) is 19.1 Å². The number of anilines is 1. The van der Waals surface area contributed by atoms with Crippen molar-refractivity contribution in [2.75, 3.05) is 12.4 Å². The van der Waals surface area contributed by atoms with E-state index in [2.05, 4.69) is 10.3 Å². The van der Waals surface area contributed by atoms with Crippen LogP contribution in [0.25, 0.3) is 0 Å². The summed E-state index contributed by atoms with van der Waals surface area (Å²) < 4.78 is 5.05. The number of ether oxygens (including phenoxy) is 1. The summed E-state index contributed by atoms with van der Waals surface area (Å²) in [6.07, 6.45) is 1.68. The molecular weight excluding hydrogens is 254 g/mol. The summed E-state index contributed by atoms with van der Waals surface area (Å²) >= 11 is 0. The first-order valence-corrected chi connectivity index (χ1v) is 6.00. The van der Waals surface area contributed by atoms with Crippen molar-refractivity contribution < 1.29 is 9.53 Å². The maximum absolute atomic E-state index is 11.8. The third kappa shape index (κ3) is 3.56. The second-order valence-electron chi connectivity index (χ2n) is 4.12. The van der Waals surface area contributed by atoms with Gasteiger partial charge in [-0.2, -0.15) is 5.26 Å². The van der Waals surface area contributed by atoms with Gasteiger partial charge in [0.2, 0.25) is 5.91 Å². The van der Waals surface area contributed by atoms with E-state index in [0.717, 1.165) is 11.3 Å². The number of hydrogen-bond donors (Lipinski definition) is 1. The van der Waals surface area contributed by atoms with E-state index in [9.17, 15) is 4.79 Å². The van der Waals surface area contributed by atoms with Crippen molar-refractivity contribution in [1.29, 1.82) is 5.26 Å². The average Bonchev–Trinajstić information content (AvgIpc) is 2.49. The van der Waals surface area contributed by atoms with Gasteiger partial charge in [0.1, 0.15) is 17.6 Å². The number of rotatable bonds is 4. The van der Waals surface area contributed by atoms with Gasteiger partial charge in [-0.1, -0.05) is 12.1 Å². The molecule has 0 radical (unpaired) electrons. The molecule has 0 spiro atoms. The molecule has 1 aromatic heterocycles. The Morgan fingerprint density at radius 1 is 1.30 bits per heavy atom. The lowest BCUT2D eigenvalue weighted by Gasteiger charge is -2.05. The van der Waals surface area contributed by atoms with Gasteiger partial charge in [-0.25, -0.2) is 4.98 Å². The highest BCUT2D eigenvalue weighted by molar-refractivity contribution is 5.91. The molecule has 1 N–H and O–H groups in total. The molecule has 0 saturated carbocycles. The van der Waals surface area contributed by atoms with Crippen molar-refractivity contribution in [3.8, 4) is 11.8 Å². The molecule has 5 heteroatoms. The molecule has 1 amide bonds. The van der Waals surface area contributed by atoms with Gasteiger partial charge >= 0.3 is 0 Å². The molecule has 1 aromatic carbocycles. The molecule has 0 aliphatic carbocycles. The van der Waals surface area contributed by atoms with Gasteiger partial charge in [0.15, 0.2) is 0 Å². The Labute approximate surface area is 116 Å². The molecule has 0 aliphatic rings. The van der Waals surface area contributed by atoms with Crippen LogP contribution in [-0.4, -0.2) is 18.0 Å². The zero-order valence-corrected chi connectivity index (χ0v) is 11.0. The Morgan fingerprint density at radius 3 is 2.60 bits per heavy atom. The Hall–Kier alpha value is -2.87. The normalized spacial score (nSPS) is 9.60. The maximum Gasteiger partial charge on any atom is 0.229 e. The van der Waals surface area contributed by atoms with Crippen LogP contribution in [0.3, 0.4) is 0 Å². The quantitative estimate of drug-likeness (QED) is 0.920. The molecule has 0 saturated heterocycles. The second-order valence-corrected chi connectivity index (χ2v) is 4.12. The summed E-state index contributed by atoms with van der Waals surface area (Å²) in [6, 6.07) is 12.5. The van der Waals surface area contributed by atoms with Crippen molar-refractivity contribution in [3.05, 3.63) is 53.7 Å². The van der Waals surface area contributed by atoms with Crippen LogP contribution in [0.5, 0.6) is 5.75 Å². The molecule has 0 unspecified atom stereocenters. The topological polar surface area (TPSA) is 75.0 Å². The first kappa shape index (κ1) is 13.6. The summed E-state index contributed by atoms with van der Waals surface area (Å²) in [4.78, 5) is 15.8. The van der Waals surface area contributed by atoms with Crippen LogP contribution in [0.4, 0.5) is 5.82 Å². The first-order chi connectivity index (χ1) is 9.71. The number of hydrogen-bond acceptors (Lipinski definition) is 4. The fraction of sp³-hybridized carbons (Fsp3) is 0.133. The van der Waals surface area contributed by atoms with Gasteiger partial charge in [-0.15, -0.1) is 0 Å². The number of benzene rings is 1. The second kappa shape index (κ2) is 6.34. The molecule has 20 heavy (non-hydrogen) atoms. The molecule has 5 nitrogen and oxygen atoms in total. The van der Waals surface area contributed by atoms with Crippen LogP contribution >= 0.6 is 0 Å². The Balaban J connectivity index is 1.95. The average molecular weight is 267 g/mol. The van der Waals surface area contributed by atoms with Crippen LogP contribution in [0, 0.1) is 11.3 Å². The highest BCUT2D eigenvalue weighted by Crippen LogP contribution is 2.12. The van der Waals surface area contributed by atoms with Gasteiger partial charge in [0, 0.05) is 6.20 Å². The highest BCUT2D eigenvalue weighted by atomic mass is 16.5. The maximum atomic E-state index is 11.8. The van der Waals surface area contributed by atoms with E-state index in [-0.39, 0.29) is 12.3 Å². The Kier molecular flexibility index (Phi) is 4.30. The number of carbonyl (C=O) groups is 1. The number of pyridine rings is 1. The number of carbonyl (C=O) groups excluding carboxylic acids is 1. The minimum Gasteiger partial charge on any atom is -0.497 e. The van der Waals surface area contributed by atoms with Crippen molar-refractivity contribution in [2.24, 2.45) is 0 Å². The third-order valence-electron chi connectivity index (χ3n) is 2.68. The van der Waals surface area contributed by atoms with Gasteiger partial charge < -0.3 is 10.1 Å². The first-order valence-electron chi connectivity index (χ1n) is 6.00. The summed E-state index contributed by atoms with van der Waals surface area (Å²) in [6.45, 7) is 0. The Morgan fingerprint density at radius 2 is 2.05 bits per heavy atom. The van der Waals surface area contributed by atoms with E-state index < -0.39 is 0 Å². The SMILES string of the molecule is COc1ccc(CC(=O)Nc2ccc(C#N)cn2)cc1. The van der Waals surface area contributed by atoms with Crippen LogP contribution in [-0.2, 0) is 11.2 Å². The van der Waals surface area contributed by atoms with Crippen molar-refractivity contribution in [2.45, 2.75) is 6.42 Å². The van der Waals surface area contributed by atoms with Crippen molar-refractivity contribution in [1.82, 2.24) is 4.98 Å². The lowest BCUT2D eigenvalue weighted by Crippen LogP contribution is -2.15. The van der Waals surface area contributed by atoms with E-state index in [4.69, 9.17) is 10.00 Å². The molecule has 2 aromatic rings. The predicted octanol–water partition coefficient (Wildman–Crippen LogP) is 2.14. The number of nitrogens with one attached hydrogen (secondary N) is 1. The monoisotopic (exact) mass is 267 g/mol. The largest absolute Gasteiger partial charge is 0.497 e. The lowest BCUT2D eigenvalue weighted by molar-refractivity contribution is -0.115. The van der Waals surface area contributed by atoms with Gasteiger partial charge in [-0.05, 0) is 29.8 Å². The molecule has 100 valence electrons. The zero-order chi connectivity index (χ0) is 14.4. The fourth-order valence-electron chi connectivity index (χ4n) is 1.65. The van der Waals surface area contributed by atoms with Gasteiger partial charge in [-0.3, -0.25) is 4.79 Å². The molecule has 0 fully saturated rings. The number of methoxy groups -OCH3 is 1. The smallest absolute Gasteiger partial charge is 0.229 e. The molecule has 1 heterocycles.